The predicted molar refractivity (Wildman–Crippen MR) is 70.0 cm³/mol. The molecule has 5 heteroatoms. The van der Waals surface area contributed by atoms with Gasteiger partial charge < -0.3 is 10.4 Å². The molecule has 0 aromatic heterocycles. The van der Waals surface area contributed by atoms with E-state index in [0.29, 0.717) is 18.7 Å². The van der Waals surface area contributed by atoms with Crippen LogP contribution in [0.5, 0.6) is 0 Å². The third-order valence-corrected chi connectivity index (χ3v) is 4.21. The summed E-state index contributed by atoms with van der Waals surface area (Å²) in [6, 6.07) is 5.86. The maximum atomic E-state index is 12.7. The second-order valence-electron chi connectivity index (χ2n) is 4.61. The summed E-state index contributed by atoms with van der Waals surface area (Å²) >= 11 is 1.70. The second-order valence-corrected chi connectivity index (χ2v) is 5.71. The van der Waals surface area contributed by atoms with E-state index >= 15 is 0 Å². The van der Waals surface area contributed by atoms with Crippen LogP contribution in [-0.2, 0) is 11.2 Å². The number of amides is 1. The van der Waals surface area contributed by atoms with E-state index in [1.54, 1.807) is 23.9 Å². The van der Waals surface area contributed by atoms with E-state index in [-0.39, 0.29) is 18.1 Å². The first-order chi connectivity index (χ1) is 8.57. The fraction of sp³-hybridized carbons (Fsp3) is 0.462. The van der Waals surface area contributed by atoms with E-state index in [4.69, 9.17) is 0 Å². The van der Waals surface area contributed by atoms with E-state index in [1.165, 1.54) is 12.1 Å². The fourth-order valence-corrected chi connectivity index (χ4v) is 3.14. The molecule has 1 aliphatic rings. The van der Waals surface area contributed by atoms with Crippen molar-refractivity contribution in [2.24, 2.45) is 0 Å². The molecule has 1 aromatic carbocycles. The van der Waals surface area contributed by atoms with E-state index in [2.05, 4.69) is 5.32 Å². The van der Waals surface area contributed by atoms with Gasteiger partial charge in [-0.1, -0.05) is 12.1 Å². The lowest BCUT2D eigenvalue weighted by Crippen LogP contribution is -2.43. The van der Waals surface area contributed by atoms with Crippen molar-refractivity contribution in [2.45, 2.75) is 18.4 Å². The van der Waals surface area contributed by atoms with E-state index in [1.807, 2.05) is 0 Å². The van der Waals surface area contributed by atoms with Crippen LogP contribution in [0.4, 0.5) is 4.39 Å². The number of rotatable bonds is 4. The van der Waals surface area contributed by atoms with Crippen molar-refractivity contribution in [1.29, 1.82) is 0 Å². The summed E-state index contributed by atoms with van der Waals surface area (Å²) in [6.45, 7) is 0.292. The Morgan fingerprint density at radius 1 is 1.44 bits per heavy atom. The smallest absolute Gasteiger partial charge is 0.224 e. The number of hydrogen-bond donors (Lipinski definition) is 2. The summed E-state index contributed by atoms with van der Waals surface area (Å²) in [5.74, 6) is 1.15. The minimum atomic E-state index is -0.761. The molecular formula is C13H16FNO2S. The highest BCUT2D eigenvalue weighted by Gasteiger charge is 2.31. The zero-order valence-corrected chi connectivity index (χ0v) is 10.8. The molecule has 1 aromatic rings. The third-order valence-electron chi connectivity index (χ3n) is 2.98. The maximum absolute atomic E-state index is 12.7. The van der Waals surface area contributed by atoms with Crippen molar-refractivity contribution in [3.8, 4) is 0 Å². The molecule has 1 unspecified atom stereocenters. The molecule has 1 saturated heterocycles. The lowest BCUT2D eigenvalue weighted by molar-refractivity contribution is -0.121. The van der Waals surface area contributed by atoms with Crippen LogP contribution in [0, 0.1) is 5.82 Å². The molecule has 1 amide bonds. The highest BCUT2D eigenvalue weighted by Crippen LogP contribution is 2.26. The van der Waals surface area contributed by atoms with Gasteiger partial charge in [-0.3, -0.25) is 4.79 Å². The van der Waals surface area contributed by atoms with Gasteiger partial charge in [0.05, 0.1) is 12.0 Å². The molecule has 0 bridgehead atoms. The van der Waals surface area contributed by atoms with Gasteiger partial charge in [0, 0.05) is 12.3 Å². The number of carbonyl (C=O) groups excluding carboxylic acids is 1. The van der Waals surface area contributed by atoms with Crippen LogP contribution in [0.2, 0.25) is 0 Å². The topological polar surface area (TPSA) is 49.3 Å². The Morgan fingerprint density at radius 2 is 2.17 bits per heavy atom. The Kier molecular flexibility index (Phi) is 4.24. The highest BCUT2D eigenvalue weighted by atomic mass is 32.2. The molecule has 1 heterocycles. The molecule has 3 nitrogen and oxygen atoms in total. The Hall–Kier alpha value is -1.07. The summed E-state index contributed by atoms with van der Waals surface area (Å²) in [6.07, 6.45) is 0.929. The van der Waals surface area contributed by atoms with Crippen molar-refractivity contribution in [3.05, 3.63) is 35.6 Å². The minimum Gasteiger partial charge on any atom is -0.387 e. The number of nitrogens with one attached hydrogen (secondary N) is 1. The first kappa shape index (κ1) is 13.4. The molecule has 18 heavy (non-hydrogen) atoms. The molecule has 0 saturated carbocycles. The first-order valence-corrected chi connectivity index (χ1v) is 7.04. The molecule has 1 fully saturated rings. The summed E-state index contributed by atoms with van der Waals surface area (Å²) in [5, 5.41) is 12.8. The molecule has 98 valence electrons. The zero-order valence-electron chi connectivity index (χ0n) is 9.99. The predicted octanol–water partition coefficient (Wildman–Crippen LogP) is 1.35. The summed E-state index contributed by atoms with van der Waals surface area (Å²) in [7, 11) is 0. The van der Waals surface area contributed by atoms with Crippen LogP contribution in [0.25, 0.3) is 0 Å². The average molecular weight is 269 g/mol. The summed E-state index contributed by atoms with van der Waals surface area (Å²) in [5.41, 5.74) is 0.00466. The molecular weight excluding hydrogens is 253 g/mol. The maximum Gasteiger partial charge on any atom is 0.224 e. The van der Waals surface area contributed by atoms with Gasteiger partial charge in [0.15, 0.2) is 0 Å². The van der Waals surface area contributed by atoms with Crippen molar-refractivity contribution in [2.75, 3.05) is 18.1 Å². The Balaban J connectivity index is 1.80. The summed E-state index contributed by atoms with van der Waals surface area (Å²) < 4.78 is 12.7. The van der Waals surface area contributed by atoms with Crippen molar-refractivity contribution in [3.63, 3.8) is 0 Å². The van der Waals surface area contributed by atoms with Crippen LogP contribution in [0.1, 0.15) is 12.0 Å². The molecule has 2 rings (SSSR count). The molecule has 0 spiro atoms. The van der Waals surface area contributed by atoms with Crippen LogP contribution >= 0.6 is 11.8 Å². The van der Waals surface area contributed by atoms with Crippen molar-refractivity contribution >= 4 is 17.7 Å². The number of halogens is 1. The van der Waals surface area contributed by atoms with Gasteiger partial charge in [0.25, 0.3) is 0 Å². The number of aliphatic hydroxyl groups is 1. The van der Waals surface area contributed by atoms with Crippen LogP contribution in [-0.4, -0.2) is 34.7 Å². The monoisotopic (exact) mass is 269 g/mol. The van der Waals surface area contributed by atoms with Gasteiger partial charge in [-0.15, -0.1) is 0 Å². The lowest BCUT2D eigenvalue weighted by Gasteiger charge is -2.21. The van der Waals surface area contributed by atoms with E-state index < -0.39 is 5.60 Å². The largest absolute Gasteiger partial charge is 0.387 e. The average Bonchev–Trinajstić information content (AvgIpc) is 2.78. The van der Waals surface area contributed by atoms with Gasteiger partial charge in [-0.25, -0.2) is 4.39 Å². The molecule has 1 atom stereocenters. The Morgan fingerprint density at radius 3 is 2.78 bits per heavy atom. The molecule has 0 radical (unpaired) electrons. The molecule has 2 N–H and O–H groups in total. The number of hydrogen-bond acceptors (Lipinski definition) is 3. The number of carbonyl (C=O) groups is 1. The van der Waals surface area contributed by atoms with Gasteiger partial charge in [0.1, 0.15) is 5.82 Å². The van der Waals surface area contributed by atoms with Crippen LogP contribution < -0.4 is 5.32 Å². The zero-order chi connectivity index (χ0) is 13.0. The van der Waals surface area contributed by atoms with E-state index in [0.717, 1.165) is 11.3 Å². The highest BCUT2D eigenvalue weighted by molar-refractivity contribution is 7.99. The Labute approximate surface area is 110 Å². The number of thioether (sulfide) groups is 1. The number of benzene rings is 1. The van der Waals surface area contributed by atoms with Gasteiger partial charge in [-0.05, 0) is 29.9 Å². The van der Waals surface area contributed by atoms with Crippen LogP contribution in [0.3, 0.4) is 0 Å². The second kappa shape index (κ2) is 5.71. The first-order valence-electron chi connectivity index (χ1n) is 5.89. The minimum absolute atomic E-state index is 0.146. The van der Waals surface area contributed by atoms with Gasteiger partial charge in [0.2, 0.25) is 5.91 Å². The van der Waals surface area contributed by atoms with Gasteiger partial charge >= 0.3 is 0 Å². The lowest BCUT2D eigenvalue weighted by atomic mass is 10.0. The van der Waals surface area contributed by atoms with E-state index in [9.17, 15) is 14.3 Å². The molecule has 0 aliphatic carbocycles. The third kappa shape index (κ3) is 3.71. The quantitative estimate of drug-likeness (QED) is 0.867. The normalized spacial score (nSPS) is 23.0. The van der Waals surface area contributed by atoms with Crippen molar-refractivity contribution in [1.82, 2.24) is 5.32 Å². The fourth-order valence-electron chi connectivity index (χ4n) is 1.85. The molecule has 1 aliphatic heterocycles. The van der Waals surface area contributed by atoms with Gasteiger partial charge in [-0.2, -0.15) is 11.8 Å². The van der Waals surface area contributed by atoms with Crippen molar-refractivity contribution < 1.29 is 14.3 Å². The Bertz CT molecular complexity index is 416. The SMILES string of the molecule is O=C(Cc1ccc(F)cc1)NCC1(O)CCSC1. The standard InChI is InChI=1S/C13H16FNO2S/c14-11-3-1-10(2-4-11)7-12(16)15-8-13(17)5-6-18-9-13/h1-4,17H,5-9H2,(H,15,16). The summed E-state index contributed by atoms with van der Waals surface area (Å²) in [4.78, 5) is 11.7. The van der Waals surface area contributed by atoms with Crippen LogP contribution in [0.15, 0.2) is 24.3 Å².